The molecule has 5 nitrogen and oxygen atoms in total. The van der Waals surface area contributed by atoms with Gasteiger partial charge in [0.05, 0.1) is 10.6 Å². The predicted octanol–water partition coefficient (Wildman–Crippen LogP) is 3.53. The maximum atomic E-state index is 12.4. The fourth-order valence-electron chi connectivity index (χ4n) is 2.04. The van der Waals surface area contributed by atoms with Crippen LogP contribution in [-0.2, 0) is 14.8 Å². The van der Waals surface area contributed by atoms with Crippen molar-refractivity contribution in [3.05, 3.63) is 54.1 Å². The summed E-state index contributed by atoms with van der Waals surface area (Å²) in [6.45, 7) is 3.82. The van der Waals surface area contributed by atoms with Crippen molar-refractivity contribution in [1.29, 1.82) is 0 Å². The zero-order valence-electron chi connectivity index (χ0n) is 13.2. The molecular formula is C17H20N2O3S. The molecule has 2 N–H and O–H groups in total. The van der Waals surface area contributed by atoms with Crippen LogP contribution in [0.5, 0.6) is 0 Å². The molecule has 0 aliphatic heterocycles. The van der Waals surface area contributed by atoms with E-state index in [1.165, 1.54) is 0 Å². The normalized spacial score (nSPS) is 11.0. The Morgan fingerprint density at radius 3 is 2.35 bits per heavy atom. The average Bonchev–Trinajstić information content (AvgIpc) is 2.47. The molecule has 0 bridgehead atoms. The number of aryl methyl sites for hydroxylation is 1. The maximum absolute atomic E-state index is 12.4. The Balaban J connectivity index is 2.16. The lowest BCUT2D eigenvalue weighted by molar-refractivity contribution is -0.116. The van der Waals surface area contributed by atoms with E-state index in [-0.39, 0.29) is 10.8 Å². The Morgan fingerprint density at radius 2 is 1.70 bits per heavy atom. The summed E-state index contributed by atoms with van der Waals surface area (Å²) in [6, 6.07) is 13.3. The monoisotopic (exact) mass is 332 g/mol. The van der Waals surface area contributed by atoms with Crippen molar-refractivity contribution < 1.29 is 13.2 Å². The highest BCUT2D eigenvalue weighted by atomic mass is 32.2. The van der Waals surface area contributed by atoms with Crippen molar-refractivity contribution in [3.8, 4) is 0 Å². The van der Waals surface area contributed by atoms with Crippen molar-refractivity contribution >= 4 is 27.3 Å². The molecule has 2 aromatic rings. The molecule has 0 spiro atoms. The fraction of sp³-hybridized carbons (Fsp3) is 0.235. The zero-order chi connectivity index (χ0) is 16.9. The van der Waals surface area contributed by atoms with E-state index in [0.717, 1.165) is 12.0 Å². The minimum absolute atomic E-state index is 0.0916. The molecule has 0 aromatic heterocycles. The second-order valence-corrected chi connectivity index (χ2v) is 6.98. The Hall–Kier alpha value is -2.34. The Bertz CT molecular complexity index is 784. The number of sulfonamides is 1. The second-order valence-electron chi connectivity index (χ2n) is 5.30. The van der Waals surface area contributed by atoms with Gasteiger partial charge >= 0.3 is 0 Å². The number of carbonyl (C=O) groups is 1. The van der Waals surface area contributed by atoms with Crippen LogP contribution in [-0.4, -0.2) is 14.3 Å². The summed E-state index contributed by atoms with van der Waals surface area (Å²) in [5.41, 5.74) is 1.96. The second kappa shape index (κ2) is 7.28. The zero-order valence-corrected chi connectivity index (χ0v) is 14.0. The summed E-state index contributed by atoms with van der Waals surface area (Å²) in [7, 11) is -3.65. The van der Waals surface area contributed by atoms with Gasteiger partial charge in [-0.1, -0.05) is 30.7 Å². The molecule has 0 aliphatic carbocycles. The van der Waals surface area contributed by atoms with Crippen LogP contribution in [0.2, 0.25) is 0 Å². The van der Waals surface area contributed by atoms with Crippen LogP contribution >= 0.6 is 0 Å². The lowest BCUT2D eigenvalue weighted by atomic mass is 10.2. The van der Waals surface area contributed by atoms with Crippen molar-refractivity contribution in [2.24, 2.45) is 0 Å². The van der Waals surface area contributed by atoms with Gasteiger partial charge in [0.25, 0.3) is 10.0 Å². The number of rotatable bonds is 6. The quantitative estimate of drug-likeness (QED) is 0.849. The lowest BCUT2D eigenvalue weighted by Crippen LogP contribution is -2.14. The van der Waals surface area contributed by atoms with Crippen molar-refractivity contribution in [2.45, 2.75) is 31.6 Å². The molecule has 0 aliphatic rings. The van der Waals surface area contributed by atoms with Gasteiger partial charge in [-0.2, -0.15) is 0 Å². The topological polar surface area (TPSA) is 75.3 Å². The first-order valence-corrected chi connectivity index (χ1v) is 8.88. The van der Waals surface area contributed by atoms with Gasteiger partial charge in [0.1, 0.15) is 0 Å². The van der Waals surface area contributed by atoms with Gasteiger partial charge in [-0.05, 0) is 43.7 Å². The number of amides is 1. The molecule has 0 heterocycles. The standard InChI is InChI=1S/C17H20N2O3S/c1-3-5-17(20)18-14-6-4-7-15(12-14)19-23(21,22)16-10-8-13(2)9-11-16/h4,6-12,19H,3,5H2,1-2H3,(H,18,20). The molecule has 23 heavy (non-hydrogen) atoms. The minimum atomic E-state index is -3.65. The number of anilines is 2. The summed E-state index contributed by atoms with van der Waals surface area (Å²) < 4.78 is 27.2. The van der Waals surface area contributed by atoms with Crippen molar-refractivity contribution in [2.75, 3.05) is 10.0 Å². The number of nitrogens with one attached hydrogen (secondary N) is 2. The third-order valence-electron chi connectivity index (χ3n) is 3.21. The van der Waals surface area contributed by atoms with E-state index in [2.05, 4.69) is 10.0 Å². The van der Waals surface area contributed by atoms with Gasteiger partial charge in [-0.3, -0.25) is 9.52 Å². The molecule has 1 amide bonds. The third kappa shape index (κ3) is 4.82. The predicted molar refractivity (Wildman–Crippen MR) is 92.0 cm³/mol. The van der Waals surface area contributed by atoms with Gasteiger partial charge in [0.2, 0.25) is 5.91 Å². The molecular weight excluding hydrogens is 312 g/mol. The first kappa shape index (κ1) is 17.0. The first-order chi connectivity index (χ1) is 10.9. The summed E-state index contributed by atoms with van der Waals surface area (Å²) in [5, 5.41) is 2.74. The molecule has 0 atom stereocenters. The van der Waals surface area contributed by atoms with E-state index in [0.29, 0.717) is 17.8 Å². The number of carbonyl (C=O) groups excluding carboxylic acids is 1. The number of hydrogen-bond acceptors (Lipinski definition) is 3. The van der Waals surface area contributed by atoms with E-state index in [9.17, 15) is 13.2 Å². The number of benzene rings is 2. The van der Waals surface area contributed by atoms with E-state index < -0.39 is 10.0 Å². The summed E-state index contributed by atoms with van der Waals surface area (Å²) >= 11 is 0. The summed E-state index contributed by atoms with van der Waals surface area (Å²) in [6.07, 6.45) is 1.19. The van der Waals surface area contributed by atoms with Crippen LogP contribution in [0.3, 0.4) is 0 Å². The van der Waals surface area contributed by atoms with Crippen molar-refractivity contribution in [3.63, 3.8) is 0 Å². The largest absolute Gasteiger partial charge is 0.326 e. The van der Waals surface area contributed by atoms with Crippen LogP contribution in [0, 0.1) is 6.92 Å². The summed E-state index contributed by atoms with van der Waals surface area (Å²) in [5.74, 6) is -0.0916. The van der Waals surface area contributed by atoms with Crippen LogP contribution in [0.25, 0.3) is 0 Å². The minimum Gasteiger partial charge on any atom is -0.326 e. The lowest BCUT2D eigenvalue weighted by Gasteiger charge is -2.10. The smallest absolute Gasteiger partial charge is 0.261 e. The van der Waals surface area contributed by atoms with E-state index in [1.54, 1.807) is 48.5 Å². The van der Waals surface area contributed by atoms with Crippen molar-refractivity contribution in [1.82, 2.24) is 0 Å². The average molecular weight is 332 g/mol. The van der Waals surface area contributed by atoms with E-state index >= 15 is 0 Å². The first-order valence-electron chi connectivity index (χ1n) is 7.40. The van der Waals surface area contributed by atoms with Crippen LogP contribution in [0.4, 0.5) is 11.4 Å². The highest BCUT2D eigenvalue weighted by Gasteiger charge is 2.14. The van der Waals surface area contributed by atoms with E-state index in [4.69, 9.17) is 0 Å². The molecule has 2 aromatic carbocycles. The van der Waals surface area contributed by atoms with Gasteiger partial charge in [-0.25, -0.2) is 8.42 Å². The van der Waals surface area contributed by atoms with Crippen LogP contribution < -0.4 is 10.0 Å². The maximum Gasteiger partial charge on any atom is 0.261 e. The highest BCUT2D eigenvalue weighted by Crippen LogP contribution is 2.20. The molecule has 6 heteroatoms. The Labute approximate surface area is 136 Å². The SMILES string of the molecule is CCCC(=O)Nc1cccc(NS(=O)(=O)c2ccc(C)cc2)c1. The van der Waals surface area contributed by atoms with E-state index in [1.807, 2.05) is 13.8 Å². The van der Waals surface area contributed by atoms with Crippen LogP contribution in [0.1, 0.15) is 25.3 Å². The van der Waals surface area contributed by atoms with Gasteiger partial charge in [-0.15, -0.1) is 0 Å². The molecule has 2 rings (SSSR count). The van der Waals surface area contributed by atoms with Gasteiger partial charge in [0, 0.05) is 12.1 Å². The molecule has 122 valence electrons. The fourth-order valence-corrected chi connectivity index (χ4v) is 3.09. The highest BCUT2D eigenvalue weighted by molar-refractivity contribution is 7.92. The molecule has 0 saturated heterocycles. The molecule has 0 unspecified atom stereocenters. The molecule has 0 radical (unpaired) electrons. The van der Waals surface area contributed by atoms with Crippen LogP contribution in [0.15, 0.2) is 53.4 Å². The third-order valence-corrected chi connectivity index (χ3v) is 4.60. The number of hydrogen-bond donors (Lipinski definition) is 2. The van der Waals surface area contributed by atoms with Gasteiger partial charge in [0.15, 0.2) is 0 Å². The molecule has 0 fully saturated rings. The summed E-state index contributed by atoms with van der Waals surface area (Å²) in [4.78, 5) is 11.8. The Morgan fingerprint density at radius 1 is 1.04 bits per heavy atom. The Kier molecular flexibility index (Phi) is 5.39. The molecule has 0 saturated carbocycles. The van der Waals surface area contributed by atoms with Gasteiger partial charge < -0.3 is 5.32 Å².